The Hall–Kier alpha value is -5.39. The van der Waals surface area contributed by atoms with Crippen LogP contribution in [0.5, 0.6) is 0 Å². The summed E-state index contributed by atoms with van der Waals surface area (Å²) in [4.78, 5) is 14.8. The zero-order valence-corrected chi connectivity index (χ0v) is 25.1. The second-order valence-electron chi connectivity index (χ2n) is 10.6. The Balaban J connectivity index is 1.19. The number of hydrogen-bond acceptors (Lipinski definition) is 4. The maximum absolute atomic E-state index is 6.33. The van der Waals surface area contributed by atoms with Crippen molar-refractivity contribution in [1.29, 1.82) is 0 Å². The van der Waals surface area contributed by atoms with Gasteiger partial charge in [0.1, 0.15) is 11.2 Å². The molecular weight excluding hydrogens is 606 g/mol. The van der Waals surface area contributed by atoms with E-state index in [1.54, 1.807) is 0 Å². The molecule has 0 aliphatic heterocycles. The predicted octanol–water partition coefficient (Wildman–Crippen LogP) is 10.9. The Bertz CT molecular complexity index is 2260. The van der Waals surface area contributed by atoms with Crippen molar-refractivity contribution < 1.29 is 4.42 Å². The molecule has 8 rings (SSSR count). The molecule has 0 saturated carbocycles. The number of halogens is 1. The molecule has 0 atom stereocenters. The van der Waals surface area contributed by atoms with E-state index in [0.29, 0.717) is 17.5 Å². The second-order valence-corrected chi connectivity index (χ2v) is 11.5. The van der Waals surface area contributed by atoms with Gasteiger partial charge in [-0.1, -0.05) is 137 Å². The zero-order chi connectivity index (χ0) is 29.5. The molecule has 6 aromatic carbocycles. The molecule has 0 spiro atoms. The van der Waals surface area contributed by atoms with Gasteiger partial charge in [0.25, 0.3) is 0 Å². The third kappa shape index (κ3) is 4.87. The van der Waals surface area contributed by atoms with Crippen LogP contribution in [0.2, 0.25) is 0 Å². The lowest BCUT2D eigenvalue weighted by atomic mass is 9.99. The van der Waals surface area contributed by atoms with Crippen molar-refractivity contribution >= 4 is 37.9 Å². The molecule has 0 radical (unpaired) electrons. The Kier molecular flexibility index (Phi) is 6.58. The third-order valence-electron chi connectivity index (χ3n) is 7.85. The van der Waals surface area contributed by atoms with Crippen LogP contribution in [0.3, 0.4) is 0 Å². The summed E-state index contributed by atoms with van der Waals surface area (Å²) in [7, 11) is 0. The van der Waals surface area contributed by atoms with E-state index >= 15 is 0 Å². The van der Waals surface area contributed by atoms with E-state index in [1.807, 2.05) is 60.7 Å². The van der Waals surface area contributed by atoms with Crippen LogP contribution in [0.15, 0.2) is 154 Å². The van der Waals surface area contributed by atoms with E-state index in [0.717, 1.165) is 54.2 Å². The van der Waals surface area contributed by atoms with Crippen LogP contribution >= 0.6 is 15.9 Å². The Morgan fingerprint density at radius 1 is 0.386 bits per heavy atom. The summed E-state index contributed by atoms with van der Waals surface area (Å²) in [6.07, 6.45) is 0. The van der Waals surface area contributed by atoms with Gasteiger partial charge in [-0.05, 0) is 46.5 Å². The summed E-state index contributed by atoms with van der Waals surface area (Å²) in [5.41, 5.74) is 8.93. The molecule has 0 bridgehead atoms. The van der Waals surface area contributed by atoms with E-state index in [-0.39, 0.29) is 0 Å². The van der Waals surface area contributed by atoms with Gasteiger partial charge < -0.3 is 4.42 Å². The molecule has 2 aromatic heterocycles. The van der Waals surface area contributed by atoms with Crippen LogP contribution < -0.4 is 0 Å². The van der Waals surface area contributed by atoms with Crippen LogP contribution in [0, 0.1) is 0 Å². The lowest BCUT2D eigenvalue weighted by Gasteiger charge is -2.10. The number of benzene rings is 6. The summed E-state index contributed by atoms with van der Waals surface area (Å²) in [5, 5.41) is 2.11. The number of para-hydroxylation sites is 2. The molecule has 5 heteroatoms. The normalized spacial score (nSPS) is 11.3. The van der Waals surface area contributed by atoms with E-state index in [1.165, 1.54) is 11.1 Å². The van der Waals surface area contributed by atoms with Gasteiger partial charge in [-0.25, -0.2) is 15.0 Å². The van der Waals surface area contributed by atoms with Gasteiger partial charge in [0.05, 0.1) is 5.56 Å². The number of aromatic nitrogens is 3. The fourth-order valence-corrected chi connectivity index (χ4v) is 5.84. The standard InChI is InChI=1S/C39H24BrN3O/c40-31-23-21-28(22-24-31)26-15-13-25(14-16-26)27-17-19-30(20-18-27)38-41-37(29-7-2-1-3-8-29)42-39(43-38)34-11-6-10-33-32-9-4-5-12-35(32)44-36(33)34/h1-24H. The van der Waals surface area contributed by atoms with Crippen molar-refractivity contribution in [2.24, 2.45) is 0 Å². The summed E-state index contributed by atoms with van der Waals surface area (Å²) >= 11 is 3.51. The average molecular weight is 631 g/mol. The molecule has 0 aliphatic rings. The van der Waals surface area contributed by atoms with Gasteiger partial charge in [0.2, 0.25) is 0 Å². The Labute approximate surface area is 262 Å². The summed E-state index contributed by atoms with van der Waals surface area (Å²) < 4.78 is 7.41. The largest absolute Gasteiger partial charge is 0.455 e. The SMILES string of the molecule is Brc1ccc(-c2ccc(-c3ccc(-c4nc(-c5ccccc5)nc(-c5cccc6c5oc5ccccc56)n4)cc3)cc2)cc1. The molecule has 0 amide bonds. The zero-order valence-electron chi connectivity index (χ0n) is 23.5. The van der Waals surface area contributed by atoms with Crippen LogP contribution in [-0.2, 0) is 0 Å². The van der Waals surface area contributed by atoms with E-state index in [9.17, 15) is 0 Å². The summed E-state index contributed by atoms with van der Waals surface area (Å²) in [6.45, 7) is 0. The topological polar surface area (TPSA) is 51.8 Å². The smallest absolute Gasteiger partial charge is 0.167 e. The Morgan fingerprint density at radius 3 is 1.50 bits per heavy atom. The molecule has 8 aromatic rings. The first-order valence-corrected chi connectivity index (χ1v) is 15.2. The highest BCUT2D eigenvalue weighted by Gasteiger charge is 2.17. The molecule has 0 N–H and O–H groups in total. The highest BCUT2D eigenvalue weighted by atomic mass is 79.9. The highest BCUT2D eigenvalue weighted by molar-refractivity contribution is 9.10. The van der Waals surface area contributed by atoms with E-state index in [4.69, 9.17) is 19.4 Å². The van der Waals surface area contributed by atoms with Crippen molar-refractivity contribution in [3.05, 3.63) is 150 Å². The average Bonchev–Trinajstić information content (AvgIpc) is 3.48. The molecule has 4 nitrogen and oxygen atoms in total. The van der Waals surface area contributed by atoms with Gasteiger partial charge in [-0.3, -0.25) is 0 Å². The molecule has 208 valence electrons. The number of nitrogens with zero attached hydrogens (tertiary/aromatic N) is 3. The molecule has 2 heterocycles. The fourth-order valence-electron chi connectivity index (χ4n) is 5.57. The summed E-state index contributed by atoms with van der Waals surface area (Å²) in [5.74, 6) is 1.80. The predicted molar refractivity (Wildman–Crippen MR) is 182 cm³/mol. The maximum atomic E-state index is 6.33. The van der Waals surface area contributed by atoms with Crippen LogP contribution in [0.4, 0.5) is 0 Å². The second kappa shape index (κ2) is 11.0. The van der Waals surface area contributed by atoms with Gasteiger partial charge in [0, 0.05) is 26.4 Å². The molecule has 0 aliphatic carbocycles. The van der Waals surface area contributed by atoms with Crippen molar-refractivity contribution in [3.63, 3.8) is 0 Å². The van der Waals surface area contributed by atoms with Gasteiger partial charge >= 0.3 is 0 Å². The van der Waals surface area contributed by atoms with Crippen molar-refractivity contribution in [2.45, 2.75) is 0 Å². The Morgan fingerprint density at radius 2 is 0.864 bits per heavy atom. The van der Waals surface area contributed by atoms with Crippen molar-refractivity contribution in [2.75, 3.05) is 0 Å². The minimum atomic E-state index is 0.575. The minimum absolute atomic E-state index is 0.575. The quantitative estimate of drug-likeness (QED) is 0.190. The van der Waals surface area contributed by atoms with Crippen LogP contribution in [0.1, 0.15) is 0 Å². The number of rotatable bonds is 5. The molecule has 0 saturated heterocycles. The monoisotopic (exact) mass is 629 g/mol. The lowest BCUT2D eigenvalue weighted by Crippen LogP contribution is -2.00. The number of hydrogen-bond donors (Lipinski definition) is 0. The first-order valence-electron chi connectivity index (χ1n) is 14.4. The molecule has 44 heavy (non-hydrogen) atoms. The van der Waals surface area contributed by atoms with E-state index < -0.39 is 0 Å². The third-order valence-corrected chi connectivity index (χ3v) is 8.38. The van der Waals surface area contributed by atoms with Crippen molar-refractivity contribution in [3.8, 4) is 56.4 Å². The van der Waals surface area contributed by atoms with E-state index in [2.05, 4.69) is 101 Å². The van der Waals surface area contributed by atoms with Crippen LogP contribution in [-0.4, -0.2) is 15.0 Å². The first kappa shape index (κ1) is 26.3. The highest BCUT2D eigenvalue weighted by Crippen LogP contribution is 2.36. The fraction of sp³-hybridized carbons (Fsp3) is 0. The maximum Gasteiger partial charge on any atom is 0.167 e. The minimum Gasteiger partial charge on any atom is -0.455 e. The van der Waals surface area contributed by atoms with Crippen molar-refractivity contribution in [1.82, 2.24) is 15.0 Å². The van der Waals surface area contributed by atoms with Gasteiger partial charge in [0.15, 0.2) is 17.5 Å². The van der Waals surface area contributed by atoms with Gasteiger partial charge in [-0.15, -0.1) is 0 Å². The van der Waals surface area contributed by atoms with Crippen LogP contribution in [0.25, 0.3) is 78.4 Å². The molecule has 0 unspecified atom stereocenters. The molecule has 0 fully saturated rings. The van der Waals surface area contributed by atoms with Gasteiger partial charge in [-0.2, -0.15) is 0 Å². The molecular formula is C39H24BrN3O. The summed E-state index contributed by atoms with van der Waals surface area (Å²) in [6, 6.07) is 49.6. The first-order chi connectivity index (χ1) is 21.7. The number of furan rings is 1. The lowest BCUT2D eigenvalue weighted by molar-refractivity contribution is 0.669. The number of fused-ring (bicyclic) bond motifs is 3.